The molecule has 14 heteroatoms. The molecule has 2 atom stereocenters. The molecule has 0 spiro atoms. The maximum absolute atomic E-state index is 13.3. The molecule has 4 rings (SSSR count). The lowest BCUT2D eigenvalue weighted by atomic mass is 10.1. The van der Waals surface area contributed by atoms with Gasteiger partial charge in [-0.3, -0.25) is 9.59 Å². The van der Waals surface area contributed by atoms with E-state index in [1.165, 1.54) is 49.8 Å². The summed E-state index contributed by atoms with van der Waals surface area (Å²) < 4.78 is 50.7. The number of rotatable bonds is 7. The molecule has 0 aliphatic rings. The van der Waals surface area contributed by atoms with Crippen molar-refractivity contribution in [2.24, 2.45) is 5.73 Å². The molecule has 0 aliphatic carbocycles. The first-order chi connectivity index (χ1) is 17.5. The van der Waals surface area contributed by atoms with Gasteiger partial charge in [-0.15, -0.1) is 11.3 Å². The standard InChI is InChI=1S/C23H21F3N6O4S/c1-10(27)18-17(20(34)29-11(2)19(33)32-22-28-8-9-37-22)31-21(36-18)13-4-6-14(35-3)16-12(13)5-7-15(30-16)23(24,25)26/h4-11H,27H2,1-3H3,(H,29,34)(H,28,32,33)/t10-,11-/m0/s1. The molecule has 0 saturated heterocycles. The minimum Gasteiger partial charge on any atom is -0.494 e. The highest BCUT2D eigenvalue weighted by molar-refractivity contribution is 7.13. The van der Waals surface area contributed by atoms with E-state index in [9.17, 15) is 22.8 Å². The molecule has 4 N–H and O–H groups in total. The number of fused-ring (bicyclic) bond motifs is 1. The highest BCUT2D eigenvalue weighted by Gasteiger charge is 2.33. The lowest BCUT2D eigenvalue weighted by Crippen LogP contribution is -2.42. The zero-order valence-electron chi connectivity index (χ0n) is 19.7. The summed E-state index contributed by atoms with van der Waals surface area (Å²) in [6, 6.07) is 3.29. The second kappa shape index (κ2) is 10.1. The number of oxazole rings is 1. The van der Waals surface area contributed by atoms with Gasteiger partial charge in [0.05, 0.1) is 13.2 Å². The lowest BCUT2D eigenvalue weighted by Gasteiger charge is -2.12. The summed E-state index contributed by atoms with van der Waals surface area (Å²) in [6.07, 6.45) is -3.13. The number of ether oxygens (including phenoxy) is 1. The van der Waals surface area contributed by atoms with Crippen molar-refractivity contribution in [1.82, 2.24) is 20.3 Å². The Morgan fingerprint density at radius 2 is 1.92 bits per heavy atom. The third-order valence-electron chi connectivity index (χ3n) is 5.25. The Hall–Kier alpha value is -4.04. The third kappa shape index (κ3) is 5.39. The monoisotopic (exact) mass is 534 g/mol. The number of aromatic nitrogens is 3. The molecule has 0 aliphatic heterocycles. The van der Waals surface area contributed by atoms with Gasteiger partial charge in [0.2, 0.25) is 11.8 Å². The summed E-state index contributed by atoms with van der Waals surface area (Å²) in [4.78, 5) is 37.4. The third-order valence-corrected chi connectivity index (χ3v) is 5.93. The van der Waals surface area contributed by atoms with Gasteiger partial charge in [0.1, 0.15) is 23.0 Å². The highest BCUT2D eigenvalue weighted by Crippen LogP contribution is 2.37. The predicted octanol–water partition coefficient (Wildman–Crippen LogP) is 4.15. The molecular weight excluding hydrogens is 513 g/mol. The van der Waals surface area contributed by atoms with Crippen LogP contribution in [0.25, 0.3) is 22.4 Å². The maximum Gasteiger partial charge on any atom is 0.433 e. The van der Waals surface area contributed by atoms with Gasteiger partial charge in [-0.25, -0.2) is 15.0 Å². The first-order valence-corrected chi connectivity index (χ1v) is 11.7. The van der Waals surface area contributed by atoms with Gasteiger partial charge in [0, 0.05) is 22.5 Å². The molecule has 37 heavy (non-hydrogen) atoms. The number of nitrogens with two attached hydrogens (primary N) is 1. The van der Waals surface area contributed by atoms with E-state index < -0.39 is 35.8 Å². The van der Waals surface area contributed by atoms with Gasteiger partial charge in [-0.2, -0.15) is 13.2 Å². The number of amides is 2. The Kier molecular flexibility index (Phi) is 7.14. The molecule has 0 unspecified atom stereocenters. The molecule has 1 aromatic carbocycles. The van der Waals surface area contributed by atoms with Crippen LogP contribution in [0.2, 0.25) is 0 Å². The summed E-state index contributed by atoms with van der Waals surface area (Å²) in [5, 5.41) is 7.44. The van der Waals surface area contributed by atoms with Crippen LogP contribution in [0.5, 0.6) is 5.75 Å². The van der Waals surface area contributed by atoms with Crippen molar-refractivity contribution in [2.75, 3.05) is 12.4 Å². The van der Waals surface area contributed by atoms with E-state index in [1.54, 1.807) is 12.3 Å². The molecule has 0 saturated carbocycles. The zero-order chi connectivity index (χ0) is 26.9. The first kappa shape index (κ1) is 26.0. The van der Waals surface area contributed by atoms with Crippen molar-refractivity contribution in [3.8, 4) is 17.2 Å². The molecular formula is C23H21F3N6O4S. The number of halogens is 3. The largest absolute Gasteiger partial charge is 0.494 e. The van der Waals surface area contributed by atoms with E-state index in [0.717, 1.165) is 6.07 Å². The number of pyridine rings is 1. The fraction of sp³-hybridized carbons (Fsp3) is 0.261. The number of carbonyl (C=O) groups is 2. The van der Waals surface area contributed by atoms with E-state index in [1.807, 2.05) is 0 Å². The van der Waals surface area contributed by atoms with Crippen LogP contribution in [-0.4, -0.2) is 39.9 Å². The molecule has 0 radical (unpaired) electrons. The SMILES string of the molecule is COc1ccc(-c2nc(C(=O)N[C@@H](C)C(=O)Nc3nccs3)c([C@H](C)N)o2)c2ccc(C(F)(F)F)nc12. The Balaban J connectivity index is 1.69. The second-order valence-corrected chi connectivity index (χ2v) is 8.84. The quantitative estimate of drug-likeness (QED) is 0.321. The predicted molar refractivity (Wildman–Crippen MR) is 129 cm³/mol. The van der Waals surface area contributed by atoms with E-state index in [0.29, 0.717) is 5.13 Å². The molecule has 3 aromatic heterocycles. The van der Waals surface area contributed by atoms with E-state index in [4.69, 9.17) is 14.9 Å². The number of anilines is 1. The number of nitrogens with one attached hydrogen (secondary N) is 2. The van der Waals surface area contributed by atoms with Crippen molar-refractivity contribution in [3.05, 3.63) is 53.0 Å². The fourth-order valence-electron chi connectivity index (χ4n) is 3.45. The molecule has 0 fully saturated rings. The minimum atomic E-state index is -4.66. The topological polar surface area (TPSA) is 145 Å². The average Bonchev–Trinajstić information content (AvgIpc) is 3.52. The number of hydrogen-bond donors (Lipinski definition) is 3. The van der Waals surface area contributed by atoms with E-state index >= 15 is 0 Å². The number of methoxy groups -OCH3 is 1. The van der Waals surface area contributed by atoms with Crippen molar-refractivity contribution in [3.63, 3.8) is 0 Å². The van der Waals surface area contributed by atoms with Crippen LogP contribution in [0.3, 0.4) is 0 Å². The highest BCUT2D eigenvalue weighted by atomic mass is 32.1. The average molecular weight is 535 g/mol. The molecule has 4 aromatic rings. The number of hydrogen-bond acceptors (Lipinski definition) is 9. The molecule has 0 bridgehead atoms. The Morgan fingerprint density at radius 1 is 1.16 bits per heavy atom. The van der Waals surface area contributed by atoms with Crippen LogP contribution in [0.1, 0.15) is 41.8 Å². The summed E-state index contributed by atoms with van der Waals surface area (Å²) in [7, 11) is 1.31. The van der Waals surface area contributed by atoms with Gasteiger partial charge in [-0.05, 0) is 38.1 Å². The Bertz CT molecular complexity index is 1450. The van der Waals surface area contributed by atoms with E-state index in [-0.39, 0.29) is 39.6 Å². The van der Waals surface area contributed by atoms with E-state index in [2.05, 4.69) is 25.6 Å². The normalized spacial score (nSPS) is 13.3. The zero-order valence-corrected chi connectivity index (χ0v) is 20.5. The van der Waals surface area contributed by atoms with Crippen LogP contribution >= 0.6 is 11.3 Å². The molecule has 2 amide bonds. The molecule has 10 nitrogen and oxygen atoms in total. The number of benzene rings is 1. The maximum atomic E-state index is 13.3. The smallest absolute Gasteiger partial charge is 0.433 e. The van der Waals surface area contributed by atoms with Crippen LogP contribution < -0.4 is 21.1 Å². The van der Waals surface area contributed by atoms with Crippen molar-refractivity contribution < 1.29 is 31.9 Å². The first-order valence-electron chi connectivity index (χ1n) is 10.8. The van der Waals surface area contributed by atoms with Gasteiger partial charge >= 0.3 is 6.18 Å². The van der Waals surface area contributed by atoms with Gasteiger partial charge in [-0.1, -0.05) is 0 Å². The number of thiazole rings is 1. The Morgan fingerprint density at radius 3 is 2.54 bits per heavy atom. The van der Waals surface area contributed by atoms with Crippen molar-refractivity contribution in [1.29, 1.82) is 0 Å². The molecule has 3 heterocycles. The van der Waals surface area contributed by atoms with Gasteiger partial charge in [0.15, 0.2) is 16.6 Å². The summed E-state index contributed by atoms with van der Waals surface area (Å²) in [6.45, 7) is 3.05. The Labute approximate surface area is 212 Å². The molecule has 194 valence electrons. The summed E-state index contributed by atoms with van der Waals surface area (Å²) in [5.41, 5.74) is 4.95. The number of carbonyl (C=O) groups excluding carboxylic acids is 2. The second-order valence-electron chi connectivity index (χ2n) is 7.95. The van der Waals surface area contributed by atoms with Gasteiger partial charge < -0.3 is 25.5 Å². The van der Waals surface area contributed by atoms with Crippen LogP contribution in [-0.2, 0) is 11.0 Å². The lowest BCUT2D eigenvalue weighted by molar-refractivity contribution is -0.141. The minimum absolute atomic E-state index is 0.0314. The van der Waals surface area contributed by atoms with Gasteiger partial charge in [0.25, 0.3) is 5.91 Å². The fourth-order valence-corrected chi connectivity index (χ4v) is 3.98. The summed E-state index contributed by atoms with van der Waals surface area (Å²) in [5.74, 6) is -1.14. The number of alkyl halides is 3. The van der Waals surface area contributed by atoms with Crippen LogP contribution in [0.15, 0.2) is 40.3 Å². The van der Waals surface area contributed by atoms with Crippen LogP contribution in [0, 0.1) is 0 Å². The van der Waals surface area contributed by atoms with Crippen molar-refractivity contribution >= 4 is 39.2 Å². The summed E-state index contributed by atoms with van der Waals surface area (Å²) >= 11 is 1.22. The number of nitrogens with zero attached hydrogens (tertiary/aromatic N) is 3. The van der Waals surface area contributed by atoms with Crippen molar-refractivity contribution in [2.45, 2.75) is 32.1 Å². The van der Waals surface area contributed by atoms with Crippen LogP contribution in [0.4, 0.5) is 18.3 Å².